The Bertz CT molecular complexity index is 995. The van der Waals surface area contributed by atoms with Crippen molar-refractivity contribution in [2.24, 2.45) is 10.2 Å². The Hall–Kier alpha value is -3.26. The van der Waals surface area contributed by atoms with Crippen molar-refractivity contribution in [1.82, 2.24) is 5.32 Å². The molecule has 28 heavy (non-hydrogen) atoms. The maximum Gasteiger partial charge on any atom is 0.270 e. The summed E-state index contributed by atoms with van der Waals surface area (Å²) in [7, 11) is 0. The van der Waals surface area contributed by atoms with E-state index in [4.69, 9.17) is 0 Å². The summed E-state index contributed by atoms with van der Waals surface area (Å²) in [5.74, 6) is 0.152. The largest absolute Gasteiger partial charge is 0.299 e. The van der Waals surface area contributed by atoms with Crippen molar-refractivity contribution in [3.05, 3.63) is 80.2 Å². The van der Waals surface area contributed by atoms with E-state index in [-0.39, 0.29) is 11.6 Å². The smallest absolute Gasteiger partial charge is 0.270 e. The van der Waals surface area contributed by atoms with E-state index >= 15 is 0 Å². The molecule has 0 spiro atoms. The Morgan fingerprint density at radius 2 is 1.89 bits per heavy atom. The lowest BCUT2D eigenvalue weighted by atomic mass is 10.0. The SMILES string of the molecule is CC(C)c1ccc(C=NN=C2NC(=O)/C(=C\c3cccc([N+](=O)[O-])c3)S2)cc1. The van der Waals surface area contributed by atoms with Crippen LogP contribution < -0.4 is 5.32 Å². The van der Waals surface area contributed by atoms with E-state index in [2.05, 4.69) is 29.4 Å². The molecule has 0 saturated carbocycles. The number of non-ortho nitro benzene ring substituents is 1. The van der Waals surface area contributed by atoms with Gasteiger partial charge in [-0.2, -0.15) is 5.10 Å². The fraction of sp³-hybridized carbons (Fsp3) is 0.150. The van der Waals surface area contributed by atoms with E-state index in [1.54, 1.807) is 24.4 Å². The standard InChI is InChI=1S/C20H18N4O3S/c1-13(2)16-8-6-14(7-9-16)12-21-23-20-22-19(25)18(28-20)11-15-4-3-5-17(10-15)24(26)27/h3-13H,1-2H3,(H,22,23,25)/b18-11+,21-12?. The fourth-order valence-corrected chi connectivity index (χ4v) is 3.25. The van der Waals surface area contributed by atoms with Gasteiger partial charge in [0.2, 0.25) is 0 Å². The van der Waals surface area contributed by atoms with Gasteiger partial charge < -0.3 is 0 Å². The Labute approximate surface area is 166 Å². The van der Waals surface area contributed by atoms with Crippen LogP contribution in [0.4, 0.5) is 5.69 Å². The molecule has 0 bridgehead atoms. The molecule has 3 rings (SSSR count). The summed E-state index contributed by atoms with van der Waals surface area (Å²) in [6.45, 7) is 4.27. The van der Waals surface area contributed by atoms with Crippen molar-refractivity contribution in [3.63, 3.8) is 0 Å². The fourth-order valence-electron chi connectivity index (χ4n) is 2.47. The summed E-state index contributed by atoms with van der Waals surface area (Å²) in [4.78, 5) is 22.9. The zero-order valence-corrected chi connectivity index (χ0v) is 16.1. The number of carbonyl (C=O) groups excluding carboxylic acids is 1. The third-order valence-corrected chi connectivity index (χ3v) is 4.89. The van der Waals surface area contributed by atoms with E-state index in [0.29, 0.717) is 21.6 Å². The Morgan fingerprint density at radius 1 is 1.14 bits per heavy atom. The van der Waals surface area contributed by atoms with E-state index in [0.717, 1.165) is 17.3 Å². The molecule has 2 aromatic rings. The molecule has 1 saturated heterocycles. The van der Waals surface area contributed by atoms with Gasteiger partial charge >= 0.3 is 0 Å². The number of carbonyl (C=O) groups is 1. The highest BCUT2D eigenvalue weighted by Gasteiger charge is 2.24. The van der Waals surface area contributed by atoms with Crippen molar-refractivity contribution >= 4 is 40.8 Å². The minimum absolute atomic E-state index is 0.0280. The molecule has 0 radical (unpaired) electrons. The van der Waals surface area contributed by atoms with E-state index < -0.39 is 4.92 Å². The van der Waals surface area contributed by atoms with E-state index in [1.165, 1.54) is 17.7 Å². The maximum absolute atomic E-state index is 12.1. The first-order valence-corrected chi connectivity index (χ1v) is 9.40. The molecule has 8 heteroatoms. The van der Waals surface area contributed by atoms with Crippen LogP contribution in [-0.2, 0) is 4.79 Å². The number of thioether (sulfide) groups is 1. The summed E-state index contributed by atoms with van der Waals surface area (Å²) < 4.78 is 0. The number of hydrogen-bond acceptors (Lipinski definition) is 6. The van der Waals surface area contributed by atoms with Gasteiger partial charge in [-0.3, -0.25) is 20.2 Å². The number of hydrogen-bond donors (Lipinski definition) is 1. The lowest BCUT2D eigenvalue weighted by Gasteiger charge is -2.03. The summed E-state index contributed by atoms with van der Waals surface area (Å²) in [6, 6.07) is 14.1. The van der Waals surface area contributed by atoms with Crippen LogP contribution in [0, 0.1) is 10.1 Å². The third-order valence-electron chi connectivity index (χ3n) is 3.99. The van der Waals surface area contributed by atoms with Gasteiger partial charge in [0.05, 0.1) is 16.0 Å². The zero-order chi connectivity index (χ0) is 20.1. The van der Waals surface area contributed by atoms with Crippen LogP contribution in [0.15, 0.2) is 63.6 Å². The van der Waals surface area contributed by atoms with Gasteiger partial charge in [-0.1, -0.05) is 50.2 Å². The summed E-state index contributed by atoms with van der Waals surface area (Å²) in [5.41, 5.74) is 2.70. The lowest BCUT2D eigenvalue weighted by Crippen LogP contribution is -2.19. The average molecular weight is 394 g/mol. The van der Waals surface area contributed by atoms with Crippen LogP contribution >= 0.6 is 11.8 Å². The summed E-state index contributed by atoms with van der Waals surface area (Å²) in [6.07, 6.45) is 3.20. The molecule has 1 aliphatic heterocycles. The molecule has 1 amide bonds. The predicted octanol–water partition coefficient (Wildman–Crippen LogP) is 4.31. The highest BCUT2D eigenvalue weighted by atomic mass is 32.2. The van der Waals surface area contributed by atoms with Crippen molar-refractivity contribution in [2.45, 2.75) is 19.8 Å². The highest BCUT2D eigenvalue weighted by Crippen LogP contribution is 2.27. The van der Waals surface area contributed by atoms with Gasteiger partial charge in [0.25, 0.3) is 11.6 Å². The van der Waals surface area contributed by atoms with Crippen LogP contribution in [0.2, 0.25) is 0 Å². The highest BCUT2D eigenvalue weighted by molar-refractivity contribution is 8.18. The van der Waals surface area contributed by atoms with Crippen LogP contribution in [0.3, 0.4) is 0 Å². The second-order valence-electron chi connectivity index (χ2n) is 6.39. The summed E-state index contributed by atoms with van der Waals surface area (Å²) in [5, 5.41) is 21.9. The summed E-state index contributed by atoms with van der Waals surface area (Å²) >= 11 is 1.14. The molecule has 0 aliphatic carbocycles. The average Bonchev–Trinajstić information content (AvgIpc) is 3.01. The van der Waals surface area contributed by atoms with Gasteiger partial charge in [0.1, 0.15) is 0 Å². The molecule has 1 fully saturated rings. The number of benzene rings is 2. The number of nitrogens with one attached hydrogen (secondary N) is 1. The first-order chi connectivity index (χ1) is 13.4. The number of nitro benzene ring substituents is 1. The first-order valence-electron chi connectivity index (χ1n) is 8.59. The minimum Gasteiger partial charge on any atom is -0.299 e. The molecule has 1 N–H and O–H groups in total. The van der Waals surface area contributed by atoms with Crippen LogP contribution in [0.25, 0.3) is 6.08 Å². The number of nitrogens with zero attached hydrogens (tertiary/aromatic N) is 3. The molecule has 2 aromatic carbocycles. The molecule has 1 heterocycles. The molecule has 0 unspecified atom stereocenters. The van der Waals surface area contributed by atoms with Gasteiger partial charge in [-0.25, -0.2) is 0 Å². The number of nitro groups is 1. The zero-order valence-electron chi connectivity index (χ0n) is 15.3. The van der Waals surface area contributed by atoms with Crippen molar-refractivity contribution in [3.8, 4) is 0 Å². The van der Waals surface area contributed by atoms with Gasteiger partial charge in [-0.05, 0) is 40.4 Å². The molecule has 1 aliphatic rings. The van der Waals surface area contributed by atoms with Gasteiger partial charge in [0, 0.05) is 12.1 Å². The number of rotatable bonds is 5. The van der Waals surface area contributed by atoms with Crippen molar-refractivity contribution < 1.29 is 9.72 Å². The van der Waals surface area contributed by atoms with Gasteiger partial charge in [0.15, 0.2) is 5.17 Å². The molecular weight excluding hydrogens is 376 g/mol. The molecule has 0 aromatic heterocycles. The quantitative estimate of drug-likeness (QED) is 0.354. The van der Waals surface area contributed by atoms with E-state index in [1.807, 2.05) is 24.3 Å². The lowest BCUT2D eigenvalue weighted by molar-refractivity contribution is -0.384. The molecular formula is C20H18N4O3S. The second-order valence-corrected chi connectivity index (χ2v) is 7.42. The Balaban J connectivity index is 1.69. The van der Waals surface area contributed by atoms with Crippen LogP contribution in [-0.4, -0.2) is 22.2 Å². The first kappa shape index (κ1) is 19.5. The van der Waals surface area contributed by atoms with Gasteiger partial charge in [-0.15, -0.1) is 5.10 Å². The Morgan fingerprint density at radius 3 is 2.57 bits per heavy atom. The van der Waals surface area contributed by atoms with Crippen molar-refractivity contribution in [2.75, 3.05) is 0 Å². The maximum atomic E-state index is 12.1. The second kappa shape index (κ2) is 8.62. The molecule has 0 atom stereocenters. The number of amidine groups is 1. The van der Waals surface area contributed by atoms with E-state index in [9.17, 15) is 14.9 Å². The topological polar surface area (TPSA) is 97.0 Å². The minimum atomic E-state index is -0.473. The normalized spacial score (nSPS) is 17.0. The van der Waals surface area contributed by atoms with Crippen molar-refractivity contribution in [1.29, 1.82) is 0 Å². The molecule has 142 valence electrons. The molecule has 7 nitrogen and oxygen atoms in total. The Kier molecular flexibility index (Phi) is 6.00. The van der Waals surface area contributed by atoms with Crippen LogP contribution in [0.5, 0.6) is 0 Å². The predicted molar refractivity (Wildman–Crippen MR) is 112 cm³/mol. The monoisotopic (exact) mass is 394 g/mol. The third kappa shape index (κ3) is 4.92. The van der Waals surface area contributed by atoms with Crippen LogP contribution in [0.1, 0.15) is 36.5 Å². The number of amides is 1.